The summed E-state index contributed by atoms with van der Waals surface area (Å²) in [5.74, 6) is 1.79. The Kier molecular flexibility index (Phi) is 7.35. The van der Waals surface area contributed by atoms with E-state index >= 15 is 0 Å². The highest BCUT2D eigenvalue weighted by atomic mass is 16.5. The zero-order valence-corrected chi connectivity index (χ0v) is 13.4. The summed E-state index contributed by atoms with van der Waals surface area (Å²) in [6, 6.07) is 5.77. The fourth-order valence-corrected chi connectivity index (χ4v) is 2.48. The van der Waals surface area contributed by atoms with Crippen LogP contribution in [0.5, 0.6) is 5.75 Å². The highest BCUT2D eigenvalue weighted by molar-refractivity contribution is 5.96. The van der Waals surface area contributed by atoms with E-state index in [2.05, 4.69) is 13.8 Å². The summed E-state index contributed by atoms with van der Waals surface area (Å²) in [7, 11) is 0. The van der Waals surface area contributed by atoms with Gasteiger partial charge in [-0.3, -0.25) is 4.79 Å². The molecule has 2 heteroatoms. The van der Waals surface area contributed by atoms with Gasteiger partial charge in [-0.25, -0.2) is 0 Å². The average Bonchev–Trinajstić information content (AvgIpc) is 2.41. The molecule has 0 N–H and O–H groups in total. The molecule has 0 aromatic heterocycles. The van der Waals surface area contributed by atoms with Gasteiger partial charge in [-0.2, -0.15) is 0 Å². The van der Waals surface area contributed by atoms with Crippen molar-refractivity contribution in [2.45, 2.75) is 59.8 Å². The normalized spacial score (nSPS) is 12.2. The van der Waals surface area contributed by atoms with Crippen molar-refractivity contribution in [2.75, 3.05) is 6.61 Å². The number of carbonyl (C=O) groups excluding carboxylic acids is 1. The number of hydrogen-bond acceptors (Lipinski definition) is 2. The standard InChI is InChI=1S/C18H28O2/c1-5-8-14(3)9-7-10-17(19)16-12-11-15(4)18(13-16)20-6-2/h11-14H,5-10H2,1-4H3. The molecular formula is C18H28O2. The van der Waals surface area contributed by atoms with Gasteiger partial charge in [-0.1, -0.05) is 45.2 Å². The van der Waals surface area contributed by atoms with E-state index in [4.69, 9.17) is 4.74 Å². The summed E-state index contributed by atoms with van der Waals surface area (Å²) in [5.41, 5.74) is 1.86. The highest BCUT2D eigenvalue weighted by Crippen LogP contribution is 2.21. The van der Waals surface area contributed by atoms with Crippen LogP contribution in [0.2, 0.25) is 0 Å². The van der Waals surface area contributed by atoms with Gasteiger partial charge in [0.05, 0.1) is 6.61 Å². The zero-order chi connectivity index (χ0) is 15.0. The number of aryl methyl sites for hydroxylation is 1. The molecule has 0 saturated heterocycles. The smallest absolute Gasteiger partial charge is 0.163 e. The van der Waals surface area contributed by atoms with Crippen LogP contribution >= 0.6 is 0 Å². The van der Waals surface area contributed by atoms with E-state index in [0.29, 0.717) is 13.0 Å². The van der Waals surface area contributed by atoms with Gasteiger partial charge in [0.15, 0.2) is 5.78 Å². The third-order valence-corrected chi connectivity index (χ3v) is 3.69. The Balaban J connectivity index is 2.53. The number of carbonyl (C=O) groups is 1. The largest absolute Gasteiger partial charge is 0.494 e. The van der Waals surface area contributed by atoms with Gasteiger partial charge in [0, 0.05) is 12.0 Å². The third-order valence-electron chi connectivity index (χ3n) is 3.69. The lowest BCUT2D eigenvalue weighted by molar-refractivity contribution is 0.0977. The van der Waals surface area contributed by atoms with Crippen LogP contribution in [0.15, 0.2) is 18.2 Å². The molecule has 0 aliphatic rings. The lowest BCUT2D eigenvalue weighted by Gasteiger charge is -2.10. The molecule has 0 spiro atoms. The van der Waals surface area contributed by atoms with Crippen LogP contribution in [0, 0.1) is 12.8 Å². The Bertz CT molecular complexity index is 423. The van der Waals surface area contributed by atoms with E-state index in [9.17, 15) is 4.79 Å². The van der Waals surface area contributed by atoms with Gasteiger partial charge in [-0.15, -0.1) is 0 Å². The summed E-state index contributed by atoms with van der Waals surface area (Å²) in [6.07, 6.45) is 5.25. The van der Waals surface area contributed by atoms with Crippen LogP contribution in [-0.2, 0) is 0 Å². The van der Waals surface area contributed by atoms with E-state index in [1.165, 1.54) is 12.8 Å². The van der Waals surface area contributed by atoms with Crippen molar-refractivity contribution in [3.05, 3.63) is 29.3 Å². The summed E-state index contributed by atoms with van der Waals surface area (Å²) >= 11 is 0. The first kappa shape index (κ1) is 16.7. The van der Waals surface area contributed by atoms with Crippen LogP contribution in [0.25, 0.3) is 0 Å². The maximum Gasteiger partial charge on any atom is 0.163 e. The summed E-state index contributed by atoms with van der Waals surface area (Å²) in [5, 5.41) is 0. The number of ether oxygens (including phenoxy) is 1. The van der Waals surface area contributed by atoms with E-state index in [1.54, 1.807) is 0 Å². The van der Waals surface area contributed by atoms with E-state index < -0.39 is 0 Å². The molecule has 1 atom stereocenters. The number of rotatable bonds is 9. The molecule has 1 unspecified atom stereocenters. The van der Waals surface area contributed by atoms with Crippen LogP contribution < -0.4 is 4.74 Å². The second kappa shape index (κ2) is 8.78. The second-order valence-corrected chi connectivity index (χ2v) is 5.62. The maximum absolute atomic E-state index is 12.2. The monoisotopic (exact) mass is 276 g/mol. The minimum Gasteiger partial charge on any atom is -0.494 e. The Labute approximate surface area is 123 Å². The molecule has 0 heterocycles. The van der Waals surface area contributed by atoms with Gasteiger partial charge in [0.1, 0.15) is 5.75 Å². The molecule has 0 aliphatic carbocycles. The minimum atomic E-state index is 0.231. The molecule has 1 rings (SSSR count). The lowest BCUT2D eigenvalue weighted by Crippen LogP contribution is -2.03. The fourth-order valence-electron chi connectivity index (χ4n) is 2.48. The third kappa shape index (κ3) is 5.36. The van der Waals surface area contributed by atoms with Gasteiger partial charge in [-0.05, 0) is 37.8 Å². The van der Waals surface area contributed by atoms with E-state index in [0.717, 1.165) is 35.6 Å². The average molecular weight is 276 g/mol. The predicted molar refractivity (Wildman–Crippen MR) is 84.6 cm³/mol. The summed E-state index contributed by atoms with van der Waals surface area (Å²) in [6.45, 7) is 9.08. The number of Topliss-reactive ketones (excluding diaryl/α,β-unsaturated/α-hetero) is 1. The highest BCUT2D eigenvalue weighted by Gasteiger charge is 2.10. The van der Waals surface area contributed by atoms with Crippen LogP contribution in [0.4, 0.5) is 0 Å². The number of hydrogen-bond donors (Lipinski definition) is 0. The van der Waals surface area contributed by atoms with Crippen molar-refractivity contribution < 1.29 is 9.53 Å². The van der Waals surface area contributed by atoms with Crippen molar-refractivity contribution in [1.82, 2.24) is 0 Å². The molecule has 0 bridgehead atoms. The van der Waals surface area contributed by atoms with E-state index in [1.807, 2.05) is 32.0 Å². The Hall–Kier alpha value is -1.31. The lowest BCUT2D eigenvalue weighted by atomic mass is 9.96. The molecule has 2 nitrogen and oxygen atoms in total. The Morgan fingerprint density at radius 3 is 2.65 bits per heavy atom. The van der Waals surface area contributed by atoms with Crippen LogP contribution in [0.1, 0.15) is 68.8 Å². The van der Waals surface area contributed by atoms with Crippen molar-refractivity contribution in [3.8, 4) is 5.75 Å². The molecule has 0 saturated carbocycles. The first-order valence-corrected chi connectivity index (χ1v) is 7.85. The predicted octanol–water partition coefficient (Wildman–Crippen LogP) is 5.18. The number of ketones is 1. The topological polar surface area (TPSA) is 26.3 Å². The van der Waals surface area contributed by atoms with Crippen molar-refractivity contribution >= 4 is 5.78 Å². The SMILES string of the molecule is CCCC(C)CCCC(=O)c1ccc(C)c(OCC)c1. The Morgan fingerprint density at radius 1 is 1.25 bits per heavy atom. The molecule has 0 amide bonds. The molecule has 1 aromatic rings. The van der Waals surface area contributed by atoms with E-state index in [-0.39, 0.29) is 5.78 Å². The quantitative estimate of drug-likeness (QED) is 0.581. The molecule has 112 valence electrons. The minimum absolute atomic E-state index is 0.231. The molecule has 0 fully saturated rings. The molecule has 0 radical (unpaired) electrons. The first-order valence-electron chi connectivity index (χ1n) is 7.85. The van der Waals surface area contributed by atoms with Crippen molar-refractivity contribution in [1.29, 1.82) is 0 Å². The van der Waals surface area contributed by atoms with Gasteiger partial charge >= 0.3 is 0 Å². The van der Waals surface area contributed by atoms with Gasteiger partial charge < -0.3 is 4.74 Å². The summed E-state index contributed by atoms with van der Waals surface area (Å²) < 4.78 is 5.55. The second-order valence-electron chi connectivity index (χ2n) is 5.62. The molecule has 1 aromatic carbocycles. The molecule has 20 heavy (non-hydrogen) atoms. The maximum atomic E-state index is 12.2. The van der Waals surface area contributed by atoms with Gasteiger partial charge in [0.25, 0.3) is 0 Å². The van der Waals surface area contributed by atoms with Crippen molar-refractivity contribution in [2.24, 2.45) is 5.92 Å². The number of benzene rings is 1. The molecular weight excluding hydrogens is 248 g/mol. The van der Waals surface area contributed by atoms with Gasteiger partial charge in [0.2, 0.25) is 0 Å². The Morgan fingerprint density at radius 2 is 2.00 bits per heavy atom. The fraction of sp³-hybridized carbons (Fsp3) is 0.611. The van der Waals surface area contributed by atoms with Crippen LogP contribution in [0.3, 0.4) is 0 Å². The van der Waals surface area contributed by atoms with Crippen LogP contribution in [-0.4, -0.2) is 12.4 Å². The zero-order valence-electron chi connectivity index (χ0n) is 13.4. The first-order chi connectivity index (χ1) is 9.58. The molecule has 0 aliphatic heterocycles. The summed E-state index contributed by atoms with van der Waals surface area (Å²) in [4.78, 5) is 12.2. The van der Waals surface area contributed by atoms with Crippen molar-refractivity contribution in [3.63, 3.8) is 0 Å².